The molecule has 0 heterocycles. The van der Waals surface area contributed by atoms with Crippen molar-refractivity contribution in [2.75, 3.05) is 12.9 Å². The van der Waals surface area contributed by atoms with Crippen molar-refractivity contribution in [2.24, 2.45) is 11.8 Å². The summed E-state index contributed by atoms with van der Waals surface area (Å²) < 4.78 is 16.8. The van der Waals surface area contributed by atoms with Crippen molar-refractivity contribution in [2.45, 2.75) is 51.2 Å². The predicted octanol–water partition coefficient (Wildman–Crippen LogP) is 2.51. The number of hydrogen-bond acceptors (Lipinski definition) is 3. The van der Waals surface area contributed by atoms with Gasteiger partial charge < -0.3 is 4.74 Å². The summed E-state index contributed by atoms with van der Waals surface area (Å²) in [5.41, 5.74) is 0. The van der Waals surface area contributed by atoms with E-state index in [2.05, 4.69) is 11.7 Å². The smallest absolute Gasteiger partial charge is 0.309 e. The van der Waals surface area contributed by atoms with E-state index in [1.54, 1.807) is 6.92 Å². The molecule has 1 aliphatic carbocycles. The molecule has 2 atom stereocenters. The Balaban J connectivity index is 2.36. The second kappa shape index (κ2) is 7.14. The van der Waals surface area contributed by atoms with Gasteiger partial charge in [-0.2, -0.15) is 0 Å². The zero-order chi connectivity index (χ0) is 12.8. The van der Waals surface area contributed by atoms with Crippen LogP contribution in [0.1, 0.15) is 46.0 Å². The molecule has 0 aliphatic heterocycles. The van der Waals surface area contributed by atoms with Gasteiger partial charge in [-0.3, -0.25) is 9.00 Å². The number of methoxy groups -OCH3 is 1. The van der Waals surface area contributed by atoms with Crippen molar-refractivity contribution in [1.82, 2.24) is 0 Å². The highest BCUT2D eigenvalue weighted by atomic mass is 32.2. The molecule has 1 aliphatic rings. The second-order valence-electron chi connectivity index (χ2n) is 5.02. The molecule has 100 valence electrons. The first-order chi connectivity index (χ1) is 8.08. The van der Waals surface area contributed by atoms with Gasteiger partial charge in [-0.15, -0.1) is 0 Å². The summed E-state index contributed by atoms with van der Waals surface area (Å²) in [6, 6.07) is 0. The summed E-state index contributed by atoms with van der Waals surface area (Å²) in [5, 5.41) is 0.296. The van der Waals surface area contributed by atoms with Gasteiger partial charge in [0.2, 0.25) is 0 Å². The van der Waals surface area contributed by atoms with Crippen molar-refractivity contribution in [3.63, 3.8) is 0 Å². The third kappa shape index (κ3) is 4.41. The zero-order valence-corrected chi connectivity index (χ0v) is 11.9. The molecule has 0 spiro atoms. The number of ether oxygens (including phenoxy) is 1. The van der Waals surface area contributed by atoms with Crippen LogP contribution in [-0.4, -0.2) is 28.3 Å². The zero-order valence-electron chi connectivity index (χ0n) is 11.1. The SMILES string of the molecule is CCC1CCC(S(=O)CC(C)C(=O)OC)CC1. The minimum absolute atomic E-state index is 0.246. The molecule has 0 aromatic rings. The van der Waals surface area contributed by atoms with E-state index in [0.717, 1.165) is 18.8 Å². The molecule has 4 heteroatoms. The lowest BCUT2D eigenvalue weighted by Crippen LogP contribution is -2.28. The number of esters is 1. The van der Waals surface area contributed by atoms with E-state index in [-0.39, 0.29) is 11.9 Å². The Morgan fingerprint density at radius 3 is 2.41 bits per heavy atom. The fourth-order valence-corrected chi connectivity index (χ4v) is 4.15. The molecule has 0 aromatic carbocycles. The number of hydrogen-bond donors (Lipinski definition) is 0. The molecule has 1 saturated carbocycles. The van der Waals surface area contributed by atoms with Crippen LogP contribution in [0.2, 0.25) is 0 Å². The average molecular weight is 260 g/mol. The monoisotopic (exact) mass is 260 g/mol. The molecule has 0 aromatic heterocycles. The minimum atomic E-state index is -0.876. The van der Waals surface area contributed by atoms with Crippen molar-refractivity contribution < 1.29 is 13.7 Å². The highest BCUT2D eigenvalue weighted by Gasteiger charge is 2.27. The Morgan fingerprint density at radius 1 is 1.35 bits per heavy atom. The van der Waals surface area contributed by atoms with Gasteiger partial charge in [-0.05, 0) is 31.6 Å². The molecular formula is C13H24O3S. The molecule has 2 unspecified atom stereocenters. The molecule has 0 bridgehead atoms. The Morgan fingerprint density at radius 2 is 1.94 bits per heavy atom. The predicted molar refractivity (Wildman–Crippen MR) is 70.2 cm³/mol. The Hall–Kier alpha value is -0.380. The van der Waals surface area contributed by atoms with Gasteiger partial charge in [-0.25, -0.2) is 0 Å². The molecule has 17 heavy (non-hydrogen) atoms. The quantitative estimate of drug-likeness (QED) is 0.713. The van der Waals surface area contributed by atoms with Crippen LogP contribution in [-0.2, 0) is 20.3 Å². The summed E-state index contributed by atoms with van der Waals surface area (Å²) >= 11 is 0. The molecule has 1 fully saturated rings. The van der Waals surface area contributed by atoms with Crippen molar-refractivity contribution in [3.05, 3.63) is 0 Å². The summed E-state index contributed by atoms with van der Waals surface area (Å²) in [7, 11) is 0.507. The first-order valence-corrected chi connectivity index (χ1v) is 7.91. The molecule has 1 rings (SSSR count). The lowest BCUT2D eigenvalue weighted by atomic mass is 9.87. The largest absolute Gasteiger partial charge is 0.469 e. The van der Waals surface area contributed by atoms with Crippen LogP contribution < -0.4 is 0 Å². The summed E-state index contributed by atoms with van der Waals surface area (Å²) in [5.74, 6) is 0.778. The molecular weight excluding hydrogens is 236 g/mol. The van der Waals surface area contributed by atoms with Crippen molar-refractivity contribution in [1.29, 1.82) is 0 Å². The van der Waals surface area contributed by atoms with Crippen LogP contribution in [0, 0.1) is 11.8 Å². The normalized spacial score (nSPS) is 28.4. The maximum atomic E-state index is 12.1. The third-order valence-electron chi connectivity index (χ3n) is 3.76. The van der Waals surface area contributed by atoms with Crippen LogP contribution in [0.25, 0.3) is 0 Å². The lowest BCUT2D eigenvalue weighted by Gasteiger charge is -2.27. The van der Waals surface area contributed by atoms with E-state index < -0.39 is 10.8 Å². The first-order valence-electron chi connectivity index (χ1n) is 6.53. The topological polar surface area (TPSA) is 43.4 Å². The van der Waals surface area contributed by atoms with E-state index in [9.17, 15) is 9.00 Å². The molecule has 0 N–H and O–H groups in total. The Kier molecular flexibility index (Phi) is 6.17. The molecule has 0 amide bonds. The minimum Gasteiger partial charge on any atom is -0.469 e. The van der Waals surface area contributed by atoms with Crippen LogP contribution in [0.3, 0.4) is 0 Å². The molecule has 0 radical (unpaired) electrons. The van der Waals surface area contributed by atoms with Crippen molar-refractivity contribution in [3.8, 4) is 0 Å². The first kappa shape index (κ1) is 14.7. The van der Waals surface area contributed by atoms with Crippen LogP contribution in [0.15, 0.2) is 0 Å². The van der Waals surface area contributed by atoms with Gasteiger partial charge in [0.1, 0.15) is 0 Å². The summed E-state index contributed by atoms with van der Waals surface area (Å²) in [4.78, 5) is 11.3. The summed E-state index contributed by atoms with van der Waals surface area (Å²) in [6.45, 7) is 4.02. The van der Waals surface area contributed by atoms with Gasteiger partial charge in [0, 0.05) is 21.8 Å². The standard InChI is InChI=1S/C13H24O3S/c1-4-11-5-7-12(8-6-11)17(15)9-10(2)13(14)16-3/h10-12H,4-9H2,1-3H3. The van der Waals surface area contributed by atoms with Crippen molar-refractivity contribution >= 4 is 16.8 Å². The number of rotatable bonds is 5. The van der Waals surface area contributed by atoms with Gasteiger partial charge in [-0.1, -0.05) is 20.3 Å². The second-order valence-corrected chi connectivity index (χ2v) is 6.78. The lowest BCUT2D eigenvalue weighted by molar-refractivity contribution is -0.144. The van der Waals surface area contributed by atoms with Crippen LogP contribution in [0.5, 0.6) is 0 Å². The molecule has 3 nitrogen and oxygen atoms in total. The summed E-state index contributed by atoms with van der Waals surface area (Å²) in [6.07, 6.45) is 5.73. The van der Waals surface area contributed by atoms with Gasteiger partial charge >= 0.3 is 5.97 Å². The van der Waals surface area contributed by atoms with Gasteiger partial charge in [0.15, 0.2) is 0 Å². The number of carbonyl (C=O) groups is 1. The fourth-order valence-electron chi connectivity index (χ4n) is 2.45. The van der Waals surface area contributed by atoms with Gasteiger partial charge in [0.25, 0.3) is 0 Å². The average Bonchev–Trinajstić information content (AvgIpc) is 2.37. The molecule has 0 saturated heterocycles. The Labute approximate surface area is 107 Å². The van der Waals surface area contributed by atoms with E-state index in [4.69, 9.17) is 0 Å². The highest BCUT2D eigenvalue weighted by Crippen LogP contribution is 2.29. The van der Waals surface area contributed by atoms with Crippen LogP contribution in [0.4, 0.5) is 0 Å². The fraction of sp³-hybridized carbons (Fsp3) is 0.923. The van der Waals surface area contributed by atoms with Gasteiger partial charge in [0.05, 0.1) is 13.0 Å². The van der Waals surface area contributed by atoms with E-state index >= 15 is 0 Å². The highest BCUT2D eigenvalue weighted by molar-refractivity contribution is 7.85. The Bertz CT molecular complexity index is 270. The number of carbonyl (C=O) groups excluding carboxylic acids is 1. The third-order valence-corrected chi connectivity index (χ3v) is 5.80. The maximum Gasteiger partial charge on any atom is 0.309 e. The van der Waals surface area contributed by atoms with E-state index in [1.165, 1.54) is 26.4 Å². The van der Waals surface area contributed by atoms with E-state index in [1.807, 2.05) is 0 Å². The van der Waals surface area contributed by atoms with Crippen LogP contribution >= 0.6 is 0 Å². The maximum absolute atomic E-state index is 12.1. The van der Waals surface area contributed by atoms with E-state index in [0.29, 0.717) is 11.0 Å².